The number of rotatable bonds is 7. The summed E-state index contributed by atoms with van der Waals surface area (Å²) in [5.41, 5.74) is 2.01. The minimum absolute atomic E-state index is 0.138. The van der Waals surface area contributed by atoms with E-state index in [1.54, 1.807) is 19.2 Å². The molecule has 0 saturated heterocycles. The molecule has 3 rings (SSSR count). The van der Waals surface area contributed by atoms with E-state index < -0.39 is 0 Å². The Morgan fingerprint density at radius 1 is 1.22 bits per heavy atom. The molecular weight excluding hydrogens is 345 g/mol. The van der Waals surface area contributed by atoms with Gasteiger partial charge in [-0.05, 0) is 31.2 Å². The smallest absolute Gasteiger partial charge is 0.191 e. The first kappa shape index (κ1) is 18.7. The molecule has 0 fully saturated rings. The Labute approximate surface area is 157 Å². The molecule has 3 N–H and O–H groups in total. The van der Waals surface area contributed by atoms with Gasteiger partial charge in [0.15, 0.2) is 5.96 Å². The highest BCUT2D eigenvalue weighted by molar-refractivity contribution is 5.79. The standard InChI is InChI=1S/C20H24FN5O/c1-14(27-16-7-5-6-15(21)12-16)13-24-20(22-2)23-11-10-19-25-17-8-3-4-9-18(17)26-19/h3-9,12,14H,10-11,13H2,1-2H3,(H,25,26)(H2,22,23,24). The van der Waals surface area contributed by atoms with Crippen molar-refractivity contribution < 1.29 is 9.13 Å². The van der Waals surface area contributed by atoms with E-state index in [4.69, 9.17) is 4.74 Å². The number of fused-ring (bicyclic) bond motifs is 1. The fraction of sp³-hybridized carbons (Fsp3) is 0.300. The molecule has 0 radical (unpaired) electrons. The van der Waals surface area contributed by atoms with Crippen LogP contribution in [0.1, 0.15) is 12.7 Å². The zero-order valence-electron chi connectivity index (χ0n) is 15.5. The largest absolute Gasteiger partial charge is 0.489 e. The van der Waals surface area contributed by atoms with Gasteiger partial charge in [0.2, 0.25) is 0 Å². The number of hydrogen-bond donors (Lipinski definition) is 3. The fourth-order valence-electron chi connectivity index (χ4n) is 2.70. The Morgan fingerprint density at radius 3 is 2.85 bits per heavy atom. The monoisotopic (exact) mass is 369 g/mol. The number of benzene rings is 2. The minimum Gasteiger partial charge on any atom is -0.489 e. The number of imidazole rings is 1. The molecule has 6 nitrogen and oxygen atoms in total. The van der Waals surface area contributed by atoms with E-state index in [-0.39, 0.29) is 11.9 Å². The van der Waals surface area contributed by atoms with Crippen LogP contribution in [0.4, 0.5) is 4.39 Å². The summed E-state index contributed by atoms with van der Waals surface area (Å²) in [6.07, 6.45) is 0.616. The molecule has 142 valence electrons. The highest BCUT2D eigenvalue weighted by atomic mass is 19.1. The average molecular weight is 369 g/mol. The van der Waals surface area contributed by atoms with Crippen molar-refractivity contribution in [2.24, 2.45) is 4.99 Å². The molecule has 0 spiro atoms. The number of ether oxygens (including phenoxy) is 1. The first-order chi connectivity index (χ1) is 13.1. The number of halogens is 1. The second-order valence-corrected chi connectivity index (χ2v) is 6.22. The predicted molar refractivity (Wildman–Crippen MR) is 106 cm³/mol. The summed E-state index contributed by atoms with van der Waals surface area (Å²) in [5, 5.41) is 6.46. The summed E-state index contributed by atoms with van der Waals surface area (Å²) in [4.78, 5) is 12.1. The third-order valence-electron chi connectivity index (χ3n) is 4.01. The number of guanidine groups is 1. The summed E-state index contributed by atoms with van der Waals surface area (Å²) in [5.74, 6) is 1.82. The summed E-state index contributed by atoms with van der Waals surface area (Å²) >= 11 is 0. The molecule has 0 aliphatic heterocycles. The minimum atomic E-state index is -0.310. The molecule has 0 saturated carbocycles. The number of aromatic nitrogens is 2. The molecule has 0 amide bonds. The lowest BCUT2D eigenvalue weighted by molar-refractivity contribution is 0.223. The van der Waals surface area contributed by atoms with Crippen molar-refractivity contribution in [2.45, 2.75) is 19.4 Å². The summed E-state index contributed by atoms with van der Waals surface area (Å²) < 4.78 is 18.9. The Balaban J connectivity index is 1.42. The molecule has 7 heteroatoms. The second-order valence-electron chi connectivity index (χ2n) is 6.22. The van der Waals surface area contributed by atoms with Crippen molar-refractivity contribution in [1.29, 1.82) is 0 Å². The van der Waals surface area contributed by atoms with Crippen LogP contribution in [0.25, 0.3) is 11.0 Å². The van der Waals surface area contributed by atoms with Gasteiger partial charge in [-0.25, -0.2) is 9.37 Å². The van der Waals surface area contributed by atoms with Gasteiger partial charge in [0.05, 0.1) is 17.6 Å². The van der Waals surface area contributed by atoms with Gasteiger partial charge in [0.25, 0.3) is 0 Å². The van der Waals surface area contributed by atoms with Crippen LogP contribution in [-0.2, 0) is 6.42 Å². The van der Waals surface area contributed by atoms with E-state index in [9.17, 15) is 4.39 Å². The van der Waals surface area contributed by atoms with Crippen LogP contribution in [0.5, 0.6) is 5.75 Å². The maximum atomic E-state index is 13.2. The van der Waals surface area contributed by atoms with Gasteiger partial charge < -0.3 is 20.4 Å². The average Bonchev–Trinajstić information content (AvgIpc) is 3.07. The van der Waals surface area contributed by atoms with E-state index in [1.807, 2.05) is 31.2 Å². The number of nitrogens with one attached hydrogen (secondary N) is 3. The normalized spacial score (nSPS) is 12.8. The third-order valence-corrected chi connectivity index (χ3v) is 4.01. The molecule has 0 aliphatic carbocycles. The van der Waals surface area contributed by atoms with Crippen LogP contribution in [0.15, 0.2) is 53.5 Å². The maximum Gasteiger partial charge on any atom is 0.191 e. The summed E-state index contributed by atoms with van der Waals surface area (Å²) in [7, 11) is 1.72. The van der Waals surface area contributed by atoms with Crippen molar-refractivity contribution in [2.75, 3.05) is 20.1 Å². The topological polar surface area (TPSA) is 74.3 Å². The van der Waals surface area contributed by atoms with Gasteiger partial charge in [-0.3, -0.25) is 4.99 Å². The Bertz CT molecular complexity index is 875. The Morgan fingerprint density at radius 2 is 2.07 bits per heavy atom. The molecule has 1 atom stereocenters. The highest BCUT2D eigenvalue weighted by Gasteiger charge is 2.07. The molecule has 0 aliphatic rings. The summed E-state index contributed by atoms with van der Waals surface area (Å²) in [6, 6.07) is 14.1. The first-order valence-electron chi connectivity index (χ1n) is 8.94. The number of aliphatic imine (C=N–C) groups is 1. The number of para-hydroxylation sites is 2. The van der Waals surface area contributed by atoms with Crippen molar-refractivity contribution in [1.82, 2.24) is 20.6 Å². The van der Waals surface area contributed by atoms with Crippen LogP contribution in [-0.4, -0.2) is 42.2 Å². The van der Waals surface area contributed by atoms with E-state index >= 15 is 0 Å². The zero-order valence-corrected chi connectivity index (χ0v) is 15.5. The van der Waals surface area contributed by atoms with Gasteiger partial charge in [0.1, 0.15) is 23.5 Å². The highest BCUT2D eigenvalue weighted by Crippen LogP contribution is 2.13. The third kappa shape index (κ3) is 5.44. The van der Waals surface area contributed by atoms with E-state index in [1.165, 1.54) is 12.1 Å². The van der Waals surface area contributed by atoms with Crippen molar-refractivity contribution in [3.63, 3.8) is 0 Å². The SMILES string of the molecule is CN=C(NCCc1nc2ccccc2[nH]1)NCC(C)Oc1cccc(F)c1. The molecular formula is C20H24FN5O. The predicted octanol–water partition coefficient (Wildman–Crippen LogP) is 2.88. The first-order valence-corrected chi connectivity index (χ1v) is 8.94. The van der Waals surface area contributed by atoms with Gasteiger partial charge in [-0.1, -0.05) is 18.2 Å². The number of aromatic amines is 1. The van der Waals surface area contributed by atoms with Gasteiger partial charge in [-0.2, -0.15) is 0 Å². The Hall–Kier alpha value is -3.09. The maximum absolute atomic E-state index is 13.2. The van der Waals surface area contributed by atoms with E-state index in [2.05, 4.69) is 25.6 Å². The Kier molecular flexibility index (Phi) is 6.25. The number of hydrogen-bond acceptors (Lipinski definition) is 3. The summed E-state index contributed by atoms with van der Waals surface area (Å²) in [6.45, 7) is 3.15. The molecule has 1 aromatic heterocycles. The van der Waals surface area contributed by atoms with E-state index in [0.29, 0.717) is 24.8 Å². The zero-order chi connectivity index (χ0) is 19.1. The van der Waals surface area contributed by atoms with Crippen LogP contribution in [0, 0.1) is 5.82 Å². The van der Waals surface area contributed by atoms with Crippen LogP contribution < -0.4 is 15.4 Å². The van der Waals surface area contributed by atoms with Crippen molar-refractivity contribution in [3.8, 4) is 5.75 Å². The van der Waals surface area contributed by atoms with Gasteiger partial charge in [-0.15, -0.1) is 0 Å². The molecule has 0 bridgehead atoms. The molecule has 2 aromatic carbocycles. The lowest BCUT2D eigenvalue weighted by Crippen LogP contribution is -2.42. The molecule has 1 heterocycles. The molecule has 1 unspecified atom stereocenters. The lowest BCUT2D eigenvalue weighted by atomic mass is 10.3. The number of nitrogens with zero attached hydrogens (tertiary/aromatic N) is 2. The second kappa shape index (κ2) is 9.02. The molecule has 3 aromatic rings. The van der Waals surface area contributed by atoms with Gasteiger partial charge >= 0.3 is 0 Å². The molecule has 27 heavy (non-hydrogen) atoms. The van der Waals surface area contributed by atoms with E-state index in [0.717, 1.165) is 23.3 Å². The number of H-pyrrole nitrogens is 1. The quantitative estimate of drug-likeness (QED) is 0.442. The lowest BCUT2D eigenvalue weighted by Gasteiger charge is -2.17. The van der Waals surface area contributed by atoms with Crippen molar-refractivity contribution in [3.05, 3.63) is 60.2 Å². The van der Waals surface area contributed by atoms with Crippen LogP contribution in [0.2, 0.25) is 0 Å². The van der Waals surface area contributed by atoms with Gasteiger partial charge in [0, 0.05) is 26.1 Å². The van der Waals surface area contributed by atoms with Crippen LogP contribution in [0.3, 0.4) is 0 Å². The van der Waals surface area contributed by atoms with Crippen LogP contribution >= 0.6 is 0 Å². The van der Waals surface area contributed by atoms with Crippen molar-refractivity contribution >= 4 is 17.0 Å². The fourth-order valence-corrected chi connectivity index (χ4v) is 2.70.